The third-order valence-corrected chi connectivity index (χ3v) is 2.23. The topological polar surface area (TPSA) is 35.2 Å². The minimum Gasteiger partial charge on any atom is -0.479 e. The molecule has 3 heteroatoms. The first-order valence-electron chi connectivity index (χ1n) is 4.90. The van der Waals surface area contributed by atoms with Gasteiger partial charge in [0.15, 0.2) is 5.44 Å². The van der Waals surface area contributed by atoms with Gasteiger partial charge in [-0.05, 0) is 24.1 Å². The molecule has 0 aromatic heterocycles. The highest BCUT2D eigenvalue weighted by Gasteiger charge is 2.02. The third kappa shape index (κ3) is 3.60. The molecular weight excluding hydrogens is 194 g/mol. The number of nitrogens with two attached hydrogens (primary N) is 1. The van der Waals surface area contributed by atoms with E-state index in [9.17, 15) is 0 Å². The summed E-state index contributed by atoms with van der Waals surface area (Å²) in [5, 5.41) is 0. The lowest BCUT2D eigenvalue weighted by atomic mass is 10.1. The van der Waals surface area contributed by atoms with Gasteiger partial charge in [-0.2, -0.15) is 0 Å². The van der Waals surface area contributed by atoms with Crippen LogP contribution in [0.25, 0.3) is 0 Å². The molecule has 0 aliphatic heterocycles. The van der Waals surface area contributed by atoms with Gasteiger partial charge in [-0.25, -0.2) is 0 Å². The van der Waals surface area contributed by atoms with Gasteiger partial charge in [0.2, 0.25) is 0 Å². The Bertz CT molecular complexity index is 278. The predicted octanol–water partition coefficient (Wildman–Crippen LogP) is 2.23. The molecule has 1 aromatic carbocycles. The smallest absolute Gasteiger partial charge is 0.153 e. The minimum absolute atomic E-state index is 0.216. The van der Waals surface area contributed by atoms with E-state index in [0.29, 0.717) is 6.54 Å². The summed E-state index contributed by atoms with van der Waals surface area (Å²) in [5.41, 5.74) is 6.49. The first kappa shape index (κ1) is 11.4. The molecule has 0 fully saturated rings. The van der Waals surface area contributed by atoms with Crippen LogP contribution in [0.5, 0.6) is 5.75 Å². The van der Waals surface area contributed by atoms with Crippen LogP contribution in [0, 0.1) is 0 Å². The van der Waals surface area contributed by atoms with Crippen LogP contribution in [0.3, 0.4) is 0 Å². The highest BCUT2D eigenvalue weighted by atomic mass is 32.1. The Hall–Kier alpha value is -0.670. The fourth-order valence-electron chi connectivity index (χ4n) is 1.27. The van der Waals surface area contributed by atoms with Gasteiger partial charge < -0.3 is 10.5 Å². The average molecular weight is 211 g/mol. The molecular formula is C11H17NOS. The van der Waals surface area contributed by atoms with Crippen molar-refractivity contribution in [1.82, 2.24) is 0 Å². The van der Waals surface area contributed by atoms with E-state index in [-0.39, 0.29) is 5.44 Å². The third-order valence-electron chi connectivity index (χ3n) is 1.91. The average Bonchev–Trinajstić information content (AvgIpc) is 2.19. The highest BCUT2D eigenvalue weighted by molar-refractivity contribution is 7.80. The van der Waals surface area contributed by atoms with Crippen LogP contribution in [0.2, 0.25) is 0 Å². The summed E-state index contributed by atoms with van der Waals surface area (Å²) in [6, 6.07) is 8.07. The van der Waals surface area contributed by atoms with E-state index < -0.39 is 0 Å². The van der Waals surface area contributed by atoms with Crippen LogP contribution in [-0.2, 0) is 6.42 Å². The maximum atomic E-state index is 5.49. The largest absolute Gasteiger partial charge is 0.479 e. The van der Waals surface area contributed by atoms with Crippen LogP contribution in [0.15, 0.2) is 24.3 Å². The molecule has 0 saturated heterocycles. The standard InChI is InChI=1S/C11H17NOS/c1-2-4-9-5-3-6-10(7-9)13-11(14)8-12/h3,5-7,11,14H,2,4,8,12H2,1H3. The number of benzene rings is 1. The molecule has 0 bridgehead atoms. The van der Waals surface area contributed by atoms with Crippen LogP contribution in [0.4, 0.5) is 0 Å². The van der Waals surface area contributed by atoms with E-state index in [4.69, 9.17) is 10.5 Å². The van der Waals surface area contributed by atoms with E-state index >= 15 is 0 Å². The predicted molar refractivity (Wildman–Crippen MR) is 62.9 cm³/mol. The summed E-state index contributed by atoms with van der Waals surface area (Å²) < 4.78 is 5.49. The molecule has 1 aromatic rings. The quantitative estimate of drug-likeness (QED) is 0.578. The second-order valence-electron chi connectivity index (χ2n) is 3.21. The molecule has 0 radical (unpaired) electrons. The van der Waals surface area contributed by atoms with Crippen molar-refractivity contribution in [2.75, 3.05) is 6.54 Å². The Balaban J connectivity index is 2.63. The van der Waals surface area contributed by atoms with Gasteiger partial charge in [-0.1, -0.05) is 25.5 Å². The van der Waals surface area contributed by atoms with Gasteiger partial charge >= 0.3 is 0 Å². The van der Waals surface area contributed by atoms with Gasteiger partial charge in [0.05, 0.1) is 0 Å². The normalized spacial score (nSPS) is 12.5. The Kier molecular flexibility index (Phi) is 4.84. The van der Waals surface area contributed by atoms with Crippen LogP contribution in [-0.4, -0.2) is 12.0 Å². The molecule has 1 rings (SSSR count). The van der Waals surface area contributed by atoms with Crippen molar-refractivity contribution >= 4 is 12.6 Å². The summed E-state index contributed by atoms with van der Waals surface area (Å²) in [4.78, 5) is 0. The Morgan fingerprint density at radius 1 is 1.50 bits per heavy atom. The lowest BCUT2D eigenvalue weighted by Gasteiger charge is -2.12. The van der Waals surface area contributed by atoms with Gasteiger partial charge in [0.25, 0.3) is 0 Å². The summed E-state index contributed by atoms with van der Waals surface area (Å²) >= 11 is 4.18. The maximum Gasteiger partial charge on any atom is 0.153 e. The molecule has 0 saturated carbocycles. The Morgan fingerprint density at radius 3 is 2.93 bits per heavy atom. The first-order chi connectivity index (χ1) is 6.76. The number of hydrogen-bond acceptors (Lipinski definition) is 3. The zero-order valence-corrected chi connectivity index (χ0v) is 9.34. The summed E-state index contributed by atoms with van der Waals surface area (Å²) in [6.07, 6.45) is 2.22. The molecule has 2 N–H and O–H groups in total. The van der Waals surface area contributed by atoms with Crippen molar-refractivity contribution in [1.29, 1.82) is 0 Å². The monoisotopic (exact) mass is 211 g/mol. The van der Waals surface area contributed by atoms with Crippen LogP contribution < -0.4 is 10.5 Å². The highest BCUT2D eigenvalue weighted by Crippen LogP contribution is 2.16. The zero-order valence-electron chi connectivity index (χ0n) is 8.44. The molecule has 78 valence electrons. The number of thiol groups is 1. The second kappa shape index (κ2) is 5.94. The molecule has 0 spiro atoms. The number of hydrogen-bond donors (Lipinski definition) is 2. The van der Waals surface area contributed by atoms with E-state index in [0.717, 1.165) is 18.6 Å². The maximum absolute atomic E-state index is 5.49. The lowest BCUT2D eigenvalue weighted by Crippen LogP contribution is -2.20. The van der Waals surface area contributed by atoms with Gasteiger partial charge in [-0.15, -0.1) is 12.6 Å². The number of ether oxygens (including phenoxy) is 1. The van der Waals surface area contributed by atoms with E-state index in [2.05, 4.69) is 25.6 Å². The lowest BCUT2D eigenvalue weighted by molar-refractivity contribution is 0.297. The van der Waals surface area contributed by atoms with Crippen molar-refractivity contribution in [3.05, 3.63) is 29.8 Å². The minimum atomic E-state index is -0.216. The Labute approximate surface area is 90.9 Å². The fourth-order valence-corrected chi connectivity index (χ4v) is 1.39. The number of rotatable bonds is 5. The van der Waals surface area contributed by atoms with Crippen LogP contribution >= 0.6 is 12.6 Å². The van der Waals surface area contributed by atoms with Crippen molar-refractivity contribution in [2.24, 2.45) is 5.73 Å². The molecule has 0 amide bonds. The van der Waals surface area contributed by atoms with Gasteiger partial charge in [0, 0.05) is 6.54 Å². The molecule has 0 aliphatic rings. The fraction of sp³-hybridized carbons (Fsp3) is 0.455. The first-order valence-corrected chi connectivity index (χ1v) is 5.41. The molecule has 2 nitrogen and oxygen atoms in total. The van der Waals surface area contributed by atoms with E-state index in [1.165, 1.54) is 5.56 Å². The van der Waals surface area contributed by atoms with Crippen molar-refractivity contribution < 1.29 is 4.74 Å². The van der Waals surface area contributed by atoms with Gasteiger partial charge in [-0.3, -0.25) is 0 Å². The summed E-state index contributed by atoms with van der Waals surface area (Å²) in [7, 11) is 0. The van der Waals surface area contributed by atoms with E-state index in [1.54, 1.807) is 0 Å². The molecule has 1 unspecified atom stereocenters. The summed E-state index contributed by atoms with van der Waals surface area (Å²) in [5.74, 6) is 0.849. The summed E-state index contributed by atoms with van der Waals surface area (Å²) in [6.45, 7) is 2.58. The van der Waals surface area contributed by atoms with Crippen molar-refractivity contribution in [3.8, 4) is 5.75 Å². The van der Waals surface area contributed by atoms with Gasteiger partial charge in [0.1, 0.15) is 5.75 Å². The zero-order chi connectivity index (χ0) is 10.4. The molecule has 0 heterocycles. The van der Waals surface area contributed by atoms with Crippen LogP contribution in [0.1, 0.15) is 18.9 Å². The SMILES string of the molecule is CCCc1cccc(OC(S)CN)c1. The van der Waals surface area contributed by atoms with Crippen molar-refractivity contribution in [2.45, 2.75) is 25.2 Å². The second-order valence-corrected chi connectivity index (χ2v) is 3.78. The number of aryl methyl sites for hydroxylation is 1. The molecule has 1 atom stereocenters. The Morgan fingerprint density at radius 2 is 2.29 bits per heavy atom. The van der Waals surface area contributed by atoms with E-state index in [1.807, 2.05) is 18.2 Å². The molecule has 0 aliphatic carbocycles. The van der Waals surface area contributed by atoms with Crippen molar-refractivity contribution in [3.63, 3.8) is 0 Å². The molecule has 14 heavy (non-hydrogen) atoms.